The molecule has 3 nitrogen and oxygen atoms in total. The first-order valence-corrected chi connectivity index (χ1v) is 7.08. The summed E-state index contributed by atoms with van der Waals surface area (Å²) in [5.74, 6) is 0.695. The first-order chi connectivity index (χ1) is 9.80. The number of aldehydes is 1. The molecule has 0 aliphatic heterocycles. The normalized spacial score (nSPS) is 10.7. The fourth-order valence-electron chi connectivity index (χ4n) is 2.13. The molecule has 0 fully saturated rings. The molecule has 0 aliphatic rings. The average Bonchev–Trinajstić information content (AvgIpc) is 2.90. The second kappa shape index (κ2) is 5.43. The van der Waals surface area contributed by atoms with Gasteiger partial charge in [-0.25, -0.2) is 4.98 Å². The molecule has 2 aromatic carbocycles. The van der Waals surface area contributed by atoms with Gasteiger partial charge in [0.05, 0.1) is 22.3 Å². The zero-order valence-electron chi connectivity index (χ0n) is 11.0. The zero-order chi connectivity index (χ0) is 13.9. The SMILES string of the molecule is COc1ccc(Cc2nc3ccccc3s2)c(C=O)c1. The summed E-state index contributed by atoms with van der Waals surface area (Å²) >= 11 is 1.66. The number of fused-ring (bicyclic) bond motifs is 1. The molecule has 0 radical (unpaired) electrons. The Balaban J connectivity index is 1.95. The lowest BCUT2D eigenvalue weighted by Gasteiger charge is -2.05. The summed E-state index contributed by atoms with van der Waals surface area (Å²) < 4.78 is 6.31. The van der Waals surface area contributed by atoms with Gasteiger partial charge in [0, 0.05) is 12.0 Å². The molecule has 4 heteroatoms. The Morgan fingerprint density at radius 3 is 2.85 bits per heavy atom. The van der Waals surface area contributed by atoms with Crippen molar-refractivity contribution in [3.63, 3.8) is 0 Å². The molecule has 0 unspecified atom stereocenters. The van der Waals surface area contributed by atoms with Crippen molar-refractivity contribution in [3.8, 4) is 5.75 Å². The number of hydrogen-bond acceptors (Lipinski definition) is 4. The van der Waals surface area contributed by atoms with Gasteiger partial charge in [0.2, 0.25) is 0 Å². The van der Waals surface area contributed by atoms with Crippen molar-refractivity contribution in [2.75, 3.05) is 7.11 Å². The smallest absolute Gasteiger partial charge is 0.150 e. The highest BCUT2D eigenvalue weighted by Gasteiger charge is 2.08. The fraction of sp³-hybridized carbons (Fsp3) is 0.125. The molecule has 0 spiro atoms. The largest absolute Gasteiger partial charge is 0.497 e. The molecule has 1 heterocycles. The summed E-state index contributed by atoms with van der Waals surface area (Å²) in [5.41, 5.74) is 2.64. The highest BCUT2D eigenvalue weighted by molar-refractivity contribution is 7.18. The minimum absolute atomic E-state index is 0.656. The van der Waals surface area contributed by atoms with E-state index in [1.54, 1.807) is 24.5 Å². The van der Waals surface area contributed by atoms with Gasteiger partial charge in [0.1, 0.15) is 12.0 Å². The molecule has 0 saturated carbocycles. The molecule has 0 atom stereocenters. The van der Waals surface area contributed by atoms with Gasteiger partial charge < -0.3 is 4.74 Å². The summed E-state index contributed by atoms with van der Waals surface area (Å²) in [4.78, 5) is 15.8. The third kappa shape index (κ3) is 2.42. The van der Waals surface area contributed by atoms with E-state index in [1.807, 2.05) is 30.3 Å². The number of thiazole rings is 1. The van der Waals surface area contributed by atoms with E-state index in [2.05, 4.69) is 11.1 Å². The molecule has 0 N–H and O–H groups in total. The van der Waals surface area contributed by atoms with Crippen LogP contribution in [0, 0.1) is 0 Å². The number of benzene rings is 2. The van der Waals surface area contributed by atoms with Crippen LogP contribution < -0.4 is 4.74 Å². The Hall–Kier alpha value is -2.20. The molecule has 0 saturated heterocycles. The second-order valence-corrected chi connectivity index (χ2v) is 5.55. The monoisotopic (exact) mass is 283 g/mol. The minimum atomic E-state index is 0.656. The lowest BCUT2D eigenvalue weighted by atomic mass is 10.1. The highest BCUT2D eigenvalue weighted by atomic mass is 32.1. The predicted octanol–water partition coefficient (Wildman–Crippen LogP) is 3.71. The van der Waals surface area contributed by atoms with Crippen LogP contribution in [0.25, 0.3) is 10.2 Å². The van der Waals surface area contributed by atoms with E-state index in [0.717, 1.165) is 22.4 Å². The van der Waals surface area contributed by atoms with E-state index in [4.69, 9.17) is 4.74 Å². The maximum Gasteiger partial charge on any atom is 0.150 e. The van der Waals surface area contributed by atoms with E-state index in [-0.39, 0.29) is 0 Å². The van der Waals surface area contributed by atoms with E-state index < -0.39 is 0 Å². The number of nitrogens with zero attached hydrogens (tertiary/aromatic N) is 1. The summed E-state index contributed by atoms with van der Waals surface area (Å²) in [6.07, 6.45) is 1.53. The van der Waals surface area contributed by atoms with Crippen LogP contribution in [0.15, 0.2) is 42.5 Å². The number of hydrogen-bond donors (Lipinski definition) is 0. The van der Waals surface area contributed by atoms with Gasteiger partial charge in [-0.05, 0) is 29.8 Å². The number of rotatable bonds is 4. The Kier molecular flexibility index (Phi) is 3.48. The van der Waals surface area contributed by atoms with Gasteiger partial charge in [-0.2, -0.15) is 0 Å². The molecule has 20 heavy (non-hydrogen) atoms. The molecule has 0 amide bonds. The molecule has 1 aromatic heterocycles. The van der Waals surface area contributed by atoms with Crippen molar-refractivity contribution < 1.29 is 9.53 Å². The molecule has 3 rings (SSSR count). The number of carbonyl (C=O) groups excluding carboxylic acids is 1. The van der Waals surface area contributed by atoms with E-state index in [1.165, 1.54) is 4.70 Å². The molecular weight excluding hydrogens is 270 g/mol. The van der Waals surface area contributed by atoms with Crippen LogP contribution in [0.5, 0.6) is 5.75 Å². The Morgan fingerprint density at radius 1 is 1.25 bits per heavy atom. The molecule has 3 aromatic rings. The van der Waals surface area contributed by atoms with Crippen molar-refractivity contribution in [3.05, 3.63) is 58.6 Å². The Labute approximate surface area is 120 Å². The predicted molar refractivity (Wildman–Crippen MR) is 80.8 cm³/mol. The quantitative estimate of drug-likeness (QED) is 0.685. The number of methoxy groups -OCH3 is 1. The Bertz CT molecular complexity index is 731. The number of para-hydroxylation sites is 1. The molecule has 0 aliphatic carbocycles. The van der Waals surface area contributed by atoms with E-state index in [0.29, 0.717) is 17.7 Å². The van der Waals surface area contributed by atoms with Crippen LogP contribution in [0.3, 0.4) is 0 Å². The number of aromatic nitrogens is 1. The standard InChI is InChI=1S/C16H13NO2S/c1-19-13-7-6-11(12(8-13)10-18)9-16-17-14-4-2-3-5-15(14)20-16/h2-8,10H,9H2,1H3. The van der Waals surface area contributed by atoms with E-state index in [9.17, 15) is 4.79 Å². The summed E-state index contributed by atoms with van der Waals surface area (Å²) in [6.45, 7) is 0. The highest BCUT2D eigenvalue weighted by Crippen LogP contribution is 2.25. The van der Waals surface area contributed by atoms with Crippen molar-refractivity contribution >= 4 is 27.8 Å². The molecule has 100 valence electrons. The lowest BCUT2D eigenvalue weighted by Crippen LogP contribution is -1.95. The van der Waals surface area contributed by atoms with Crippen LogP contribution in [-0.4, -0.2) is 18.4 Å². The summed E-state index contributed by atoms with van der Waals surface area (Å²) in [7, 11) is 1.59. The van der Waals surface area contributed by atoms with E-state index >= 15 is 0 Å². The number of carbonyl (C=O) groups is 1. The first-order valence-electron chi connectivity index (χ1n) is 6.26. The minimum Gasteiger partial charge on any atom is -0.497 e. The fourth-order valence-corrected chi connectivity index (χ4v) is 3.12. The van der Waals surface area contributed by atoms with Gasteiger partial charge in [-0.15, -0.1) is 11.3 Å². The molecule has 0 bridgehead atoms. The third-order valence-electron chi connectivity index (χ3n) is 3.16. The van der Waals surface area contributed by atoms with Crippen LogP contribution in [0.2, 0.25) is 0 Å². The number of ether oxygens (including phenoxy) is 1. The van der Waals surface area contributed by atoms with Crippen molar-refractivity contribution in [2.45, 2.75) is 6.42 Å². The van der Waals surface area contributed by atoms with Crippen molar-refractivity contribution in [1.82, 2.24) is 4.98 Å². The maximum atomic E-state index is 11.2. The summed E-state index contributed by atoms with van der Waals surface area (Å²) in [6, 6.07) is 13.6. The van der Waals surface area contributed by atoms with Crippen LogP contribution >= 0.6 is 11.3 Å². The van der Waals surface area contributed by atoms with Gasteiger partial charge in [-0.1, -0.05) is 18.2 Å². The van der Waals surface area contributed by atoms with Gasteiger partial charge >= 0.3 is 0 Å². The summed E-state index contributed by atoms with van der Waals surface area (Å²) in [5, 5.41) is 1.01. The maximum absolute atomic E-state index is 11.2. The third-order valence-corrected chi connectivity index (χ3v) is 4.20. The van der Waals surface area contributed by atoms with Gasteiger partial charge in [-0.3, -0.25) is 4.79 Å². The second-order valence-electron chi connectivity index (χ2n) is 4.43. The van der Waals surface area contributed by atoms with Crippen LogP contribution in [0.1, 0.15) is 20.9 Å². The van der Waals surface area contributed by atoms with Crippen LogP contribution in [-0.2, 0) is 6.42 Å². The lowest BCUT2D eigenvalue weighted by molar-refractivity contribution is 0.112. The van der Waals surface area contributed by atoms with Gasteiger partial charge in [0.15, 0.2) is 0 Å². The van der Waals surface area contributed by atoms with Gasteiger partial charge in [0.25, 0.3) is 0 Å². The topological polar surface area (TPSA) is 39.2 Å². The Morgan fingerprint density at radius 2 is 2.10 bits per heavy atom. The van der Waals surface area contributed by atoms with Crippen molar-refractivity contribution in [1.29, 1.82) is 0 Å². The zero-order valence-corrected chi connectivity index (χ0v) is 11.8. The van der Waals surface area contributed by atoms with Crippen molar-refractivity contribution in [2.24, 2.45) is 0 Å². The average molecular weight is 283 g/mol. The first kappa shape index (κ1) is 12.8. The van der Waals surface area contributed by atoms with Crippen LogP contribution in [0.4, 0.5) is 0 Å². The molecular formula is C16H13NO2S.